The molecule has 0 heterocycles. The van der Waals surface area contributed by atoms with Gasteiger partial charge in [-0.1, -0.05) is 5.92 Å². The first-order valence-corrected chi connectivity index (χ1v) is 3.16. The number of carbonyl (C=O) groups is 1. The lowest BCUT2D eigenvalue weighted by atomic mass is 10.2. The Bertz CT molecular complexity index is 167. The molecule has 10 heavy (non-hydrogen) atoms. The molecule has 0 spiro atoms. The molecule has 0 aliphatic rings. The fourth-order valence-corrected chi connectivity index (χ4v) is 0.333. The van der Waals surface area contributed by atoms with E-state index in [9.17, 15) is 4.79 Å². The summed E-state index contributed by atoms with van der Waals surface area (Å²) in [6.07, 6.45) is 5.02. The molecule has 3 heteroatoms. The molecule has 1 unspecified atom stereocenters. The van der Waals surface area contributed by atoms with Gasteiger partial charge in [-0.3, -0.25) is 4.79 Å². The van der Waals surface area contributed by atoms with Gasteiger partial charge in [0.05, 0.1) is 0 Å². The molecule has 0 bridgehead atoms. The lowest BCUT2D eigenvalue weighted by Gasteiger charge is -2.13. The van der Waals surface area contributed by atoms with Gasteiger partial charge in [0, 0.05) is 6.92 Å². The Hall–Kier alpha value is -0.680. The molecule has 1 atom stereocenters. The highest BCUT2D eigenvalue weighted by Gasteiger charge is 2.18. The van der Waals surface area contributed by atoms with Crippen LogP contribution in [0.5, 0.6) is 0 Å². The number of rotatable bonds is 2. The fourth-order valence-electron chi connectivity index (χ4n) is 0.279. The summed E-state index contributed by atoms with van der Waals surface area (Å²) >= 11 is 5.65. The molecule has 0 saturated carbocycles. The Labute approximate surface area is 65.5 Å². The quantitative estimate of drug-likeness (QED) is 0.345. The molecule has 0 fully saturated rings. The van der Waals surface area contributed by atoms with E-state index >= 15 is 0 Å². The topological polar surface area (TPSA) is 26.3 Å². The number of terminal acetylenes is 1. The summed E-state index contributed by atoms with van der Waals surface area (Å²) in [5.41, 5.74) is 0. The summed E-state index contributed by atoms with van der Waals surface area (Å²) in [7, 11) is 0. The van der Waals surface area contributed by atoms with Gasteiger partial charge in [-0.15, -0.1) is 18.0 Å². The van der Waals surface area contributed by atoms with Gasteiger partial charge in [0.2, 0.25) is 0 Å². The first-order valence-electron chi connectivity index (χ1n) is 2.78. The van der Waals surface area contributed by atoms with Gasteiger partial charge in [0.15, 0.2) is 0 Å². The SMILES string of the molecule is C#CC(C)(Cl)COC(C)=O. The third kappa shape index (κ3) is 4.22. The van der Waals surface area contributed by atoms with Crippen LogP contribution in [0.1, 0.15) is 13.8 Å². The van der Waals surface area contributed by atoms with Crippen molar-refractivity contribution in [2.24, 2.45) is 0 Å². The first-order chi connectivity index (χ1) is 4.48. The maximum absolute atomic E-state index is 10.3. The molecular formula is C7H9ClO2. The lowest BCUT2D eigenvalue weighted by Crippen LogP contribution is -2.22. The molecule has 0 aromatic carbocycles. The molecule has 0 aromatic rings. The maximum Gasteiger partial charge on any atom is 0.302 e. The van der Waals surface area contributed by atoms with Crippen molar-refractivity contribution in [1.29, 1.82) is 0 Å². The predicted molar refractivity (Wildman–Crippen MR) is 39.7 cm³/mol. The third-order valence-corrected chi connectivity index (χ3v) is 1.07. The minimum Gasteiger partial charge on any atom is -0.463 e. The number of alkyl halides is 1. The van der Waals surface area contributed by atoms with Crippen LogP contribution in [0.3, 0.4) is 0 Å². The van der Waals surface area contributed by atoms with E-state index in [0.717, 1.165) is 0 Å². The first kappa shape index (κ1) is 9.32. The largest absolute Gasteiger partial charge is 0.463 e. The van der Waals surface area contributed by atoms with Gasteiger partial charge in [-0.05, 0) is 6.92 Å². The molecule has 0 aliphatic carbocycles. The van der Waals surface area contributed by atoms with Crippen LogP contribution in [0.15, 0.2) is 0 Å². The van der Waals surface area contributed by atoms with E-state index in [0.29, 0.717) is 0 Å². The zero-order chi connectivity index (χ0) is 8.20. The zero-order valence-electron chi connectivity index (χ0n) is 5.98. The number of esters is 1. The predicted octanol–water partition coefficient (Wildman–Crippen LogP) is 1.18. The molecule has 0 N–H and O–H groups in total. The Morgan fingerprint density at radius 2 is 2.40 bits per heavy atom. The zero-order valence-corrected chi connectivity index (χ0v) is 6.73. The molecule has 2 nitrogen and oxygen atoms in total. The Balaban J connectivity index is 3.71. The minimum absolute atomic E-state index is 0.0559. The van der Waals surface area contributed by atoms with Crippen molar-refractivity contribution in [3.05, 3.63) is 0 Å². The smallest absolute Gasteiger partial charge is 0.302 e. The molecule has 0 saturated heterocycles. The fraction of sp³-hybridized carbons (Fsp3) is 0.571. The van der Waals surface area contributed by atoms with Crippen LogP contribution in [0.2, 0.25) is 0 Å². The average Bonchev–Trinajstić information content (AvgIpc) is 1.85. The van der Waals surface area contributed by atoms with E-state index in [1.54, 1.807) is 6.92 Å². The Kier molecular flexibility index (Phi) is 3.24. The normalized spacial score (nSPS) is 15.0. The van der Waals surface area contributed by atoms with Crippen LogP contribution >= 0.6 is 11.6 Å². The van der Waals surface area contributed by atoms with Gasteiger partial charge in [-0.25, -0.2) is 0 Å². The second-order valence-electron chi connectivity index (χ2n) is 2.12. The van der Waals surface area contributed by atoms with Crippen LogP contribution in [-0.4, -0.2) is 17.5 Å². The van der Waals surface area contributed by atoms with Gasteiger partial charge in [0.25, 0.3) is 0 Å². The minimum atomic E-state index is -0.869. The molecular weight excluding hydrogens is 152 g/mol. The summed E-state index contributed by atoms with van der Waals surface area (Å²) in [6.45, 7) is 2.97. The number of hydrogen-bond donors (Lipinski definition) is 0. The summed E-state index contributed by atoms with van der Waals surface area (Å²) in [5, 5.41) is 0. The summed E-state index contributed by atoms with van der Waals surface area (Å²) in [4.78, 5) is 9.39. The average molecular weight is 161 g/mol. The maximum atomic E-state index is 10.3. The van der Waals surface area contributed by atoms with Gasteiger partial charge in [-0.2, -0.15) is 0 Å². The molecule has 0 radical (unpaired) electrons. The van der Waals surface area contributed by atoms with Crippen molar-refractivity contribution in [1.82, 2.24) is 0 Å². The lowest BCUT2D eigenvalue weighted by molar-refractivity contribution is -0.141. The number of ether oxygens (including phenoxy) is 1. The van der Waals surface area contributed by atoms with Crippen LogP contribution in [0.4, 0.5) is 0 Å². The van der Waals surface area contributed by atoms with E-state index in [1.165, 1.54) is 6.92 Å². The second-order valence-corrected chi connectivity index (χ2v) is 2.96. The highest BCUT2D eigenvalue weighted by molar-refractivity contribution is 6.25. The van der Waals surface area contributed by atoms with Crippen molar-refractivity contribution < 1.29 is 9.53 Å². The summed E-state index contributed by atoms with van der Waals surface area (Å²) < 4.78 is 4.58. The monoisotopic (exact) mass is 160 g/mol. The van der Waals surface area contributed by atoms with Crippen LogP contribution in [-0.2, 0) is 9.53 Å². The summed E-state index contributed by atoms with van der Waals surface area (Å²) in [6, 6.07) is 0. The van der Waals surface area contributed by atoms with E-state index < -0.39 is 4.87 Å². The van der Waals surface area contributed by atoms with Gasteiger partial charge < -0.3 is 4.74 Å². The standard InChI is InChI=1S/C7H9ClO2/c1-4-7(3,8)5-10-6(2)9/h1H,5H2,2-3H3. The third-order valence-electron chi connectivity index (χ3n) is 0.847. The van der Waals surface area contributed by atoms with Crippen molar-refractivity contribution in [3.8, 4) is 12.3 Å². The molecule has 0 rings (SSSR count). The Morgan fingerprint density at radius 3 is 2.70 bits per heavy atom. The summed E-state index contributed by atoms with van der Waals surface area (Å²) in [5.74, 6) is 1.91. The van der Waals surface area contributed by atoms with Crippen LogP contribution in [0, 0.1) is 12.3 Å². The highest BCUT2D eigenvalue weighted by atomic mass is 35.5. The number of carbonyl (C=O) groups excluding carboxylic acids is 1. The van der Waals surface area contributed by atoms with Crippen molar-refractivity contribution in [3.63, 3.8) is 0 Å². The molecule has 56 valence electrons. The van der Waals surface area contributed by atoms with E-state index in [-0.39, 0.29) is 12.6 Å². The van der Waals surface area contributed by atoms with Crippen molar-refractivity contribution in [2.45, 2.75) is 18.7 Å². The van der Waals surface area contributed by atoms with Gasteiger partial charge >= 0.3 is 5.97 Å². The van der Waals surface area contributed by atoms with Crippen molar-refractivity contribution >= 4 is 17.6 Å². The Morgan fingerprint density at radius 1 is 1.90 bits per heavy atom. The number of hydrogen-bond acceptors (Lipinski definition) is 2. The second kappa shape index (κ2) is 3.48. The molecule has 0 aromatic heterocycles. The highest BCUT2D eigenvalue weighted by Crippen LogP contribution is 2.12. The van der Waals surface area contributed by atoms with E-state index in [1.807, 2.05) is 0 Å². The van der Waals surface area contributed by atoms with E-state index in [4.69, 9.17) is 18.0 Å². The van der Waals surface area contributed by atoms with Crippen LogP contribution in [0.25, 0.3) is 0 Å². The molecule has 0 amide bonds. The van der Waals surface area contributed by atoms with Crippen LogP contribution < -0.4 is 0 Å². The van der Waals surface area contributed by atoms with Gasteiger partial charge in [0.1, 0.15) is 11.5 Å². The molecule has 0 aliphatic heterocycles. The number of halogens is 1. The van der Waals surface area contributed by atoms with Crippen molar-refractivity contribution in [2.75, 3.05) is 6.61 Å². The van der Waals surface area contributed by atoms with E-state index in [2.05, 4.69) is 10.7 Å².